The Morgan fingerprint density at radius 1 is 0.960 bits per heavy atom. The van der Waals surface area contributed by atoms with Gasteiger partial charge in [0, 0.05) is 6.54 Å². The van der Waals surface area contributed by atoms with Gasteiger partial charge < -0.3 is 10.6 Å². The van der Waals surface area contributed by atoms with Crippen molar-refractivity contribution in [1.29, 1.82) is 0 Å². The third-order valence-electron chi connectivity index (χ3n) is 3.11. The quantitative estimate of drug-likeness (QED) is 0.693. The van der Waals surface area contributed by atoms with E-state index >= 15 is 0 Å². The summed E-state index contributed by atoms with van der Waals surface area (Å²) >= 11 is 0. The van der Waals surface area contributed by atoms with Gasteiger partial charge >= 0.3 is 11.8 Å². The molecule has 0 unspecified atom stereocenters. The van der Waals surface area contributed by atoms with Crippen molar-refractivity contribution in [2.75, 3.05) is 5.32 Å². The van der Waals surface area contributed by atoms with Crippen LogP contribution in [0.1, 0.15) is 5.56 Å². The van der Waals surface area contributed by atoms with Gasteiger partial charge in [-0.2, -0.15) is 0 Å². The number of primary sulfonamides is 1. The Morgan fingerprint density at radius 2 is 1.52 bits per heavy atom. The van der Waals surface area contributed by atoms with E-state index in [1.54, 1.807) is 0 Å². The summed E-state index contributed by atoms with van der Waals surface area (Å²) in [4.78, 5) is 23.3. The van der Waals surface area contributed by atoms with Crippen LogP contribution in [0, 0.1) is 11.6 Å². The van der Waals surface area contributed by atoms with Gasteiger partial charge in [-0.1, -0.05) is 18.2 Å². The number of anilines is 1. The fourth-order valence-corrected chi connectivity index (χ4v) is 2.36. The molecule has 0 bridgehead atoms. The molecule has 0 spiro atoms. The van der Waals surface area contributed by atoms with Crippen LogP contribution in [-0.4, -0.2) is 20.2 Å². The first-order chi connectivity index (χ1) is 11.7. The molecule has 2 rings (SSSR count). The van der Waals surface area contributed by atoms with Crippen LogP contribution in [0.4, 0.5) is 14.5 Å². The standard InChI is InChI=1S/C15H13F2N3O4S/c16-11-2-1-3-12(17)13(11)20-15(22)14(21)19-8-9-4-6-10(7-5-9)25(18,23)24/h1-7H,8H2,(H,19,21)(H,20,22)(H2,18,23,24). The van der Waals surface area contributed by atoms with Crippen LogP contribution in [0.3, 0.4) is 0 Å². The SMILES string of the molecule is NS(=O)(=O)c1ccc(CNC(=O)C(=O)Nc2c(F)cccc2F)cc1. The molecule has 4 N–H and O–H groups in total. The molecular formula is C15H13F2N3O4S. The zero-order chi connectivity index (χ0) is 18.6. The van der Waals surface area contributed by atoms with E-state index in [2.05, 4.69) is 5.32 Å². The monoisotopic (exact) mass is 369 g/mol. The second-order valence-corrected chi connectivity index (χ2v) is 6.48. The number of amides is 2. The number of nitrogens with two attached hydrogens (primary N) is 1. The molecule has 0 saturated heterocycles. The minimum absolute atomic E-state index is 0.100. The van der Waals surface area contributed by atoms with Gasteiger partial charge in [0.15, 0.2) is 0 Å². The summed E-state index contributed by atoms with van der Waals surface area (Å²) < 4.78 is 49.1. The van der Waals surface area contributed by atoms with Crippen LogP contribution in [0.15, 0.2) is 47.4 Å². The minimum atomic E-state index is -3.83. The molecule has 0 heterocycles. The van der Waals surface area contributed by atoms with Crippen molar-refractivity contribution in [2.45, 2.75) is 11.4 Å². The topological polar surface area (TPSA) is 118 Å². The summed E-state index contributed by atoms with van der Waals surface area (Å²) in [7, 11) is -3.83. The number of carbonyl (C=O) groups excluding carboxylic acids is 2. The number of nitrogens with one attached hydrogen (secondary N) is 2. The maximum atomic E-state index is 13.4. The molecule has 2 amide bonds. The number of benzene rings is 2. The molecule has 0 saturated carbocycles. The van der Waals surface area contributed by atoms with Crippen molar-refractivity contribution in [3.63, 3.8) is 0 Å². The zero-order valence-electron chi connectivity index (χ0n) is 12.6. The Morgan fingerprint density at radius 3 is 2.04 bits per heavy atom. The molecule has 0 atom stereocenters. The Labute approximate surface area is 141 Å². The summed E-state index contributed by atoms with van der Waals surface area (Å²) in [5.74, 6) is -4.39. The van der Waals surface area contributed by atoms with E-state index in [1.807, 2.05) is 5.32 Å². The number of rotatable bonds is 4. The molecular weight excluding hydrogens is 356 g/mol. The lowest BCUT2D eigenvalue weighted by molar-refractivity contribution is -0.136. The van der Waals surface area contributed by atoms with E-state index in [0.717, 1.165) is 18.2 Å². The van der Waals surface area contributed by atoms with Crippen LogP contribution in [-0.2, 0) is 26.2 Å². The highest BCUT2D eigenvalue weighted by molar-refractivity contribution is 7.89. The van der Waals surface area contributed by atoms with E-state index in [4.69, 9.17) is 5.14 Å². The van der Waals surface area contributed by atoms with Gasteiger partial charge in [-0.05, 0) is 29.8 Å². The molecule has 2 aromatic rings. The van der Waals surface area contributed by atoms with Gasteiger partial charge in [-0.15, -0.1) is 0 Å². The van der Waals surface area contributed by atoms with Crippen LogP contribution in [0.5, 0.6) is 0 Å². The summed E-state index contributed by atoms with van der Waals surface area (Å²) in [5, 5.41) is 9.04. The number of hydrogen-bond acceptors (Lipinski definition) is 4. The predicted octanol–water partition coefficient (Wildman–Crippen LogP) is 0.867. The highest BCUT2D eigenvalue weighted by Gasteiger charge is 2.18. The first kappa shape index (κ1) is 18.5. The number of halogens is 2. The van der Waals surface area contributed by atoms with Gasteiger partial charge in [0.25, 0.3) is 0 Å². The van der Waals surface area contributed by atoms with E-state index in [-0.39, 0.29) is 11.4 Å². The maximum Gasteiger partial charge on any atom is 0.313 e. The molecule has 0 aliphatic carbocycles. The van der Waals surface area contributed by atoms with Crippen molar-refractivity contribution in [2.24, 2.45) is 5.14 Å². The van der Waals surface area contributed by atoms with Gasteiger partial charge in [0.1, 0.15) is 17.3 Å². The first-order valence-corrected chi connectivity index (χ1v) is 8.38. The average Bonchev–Trinajstić information content (AvgIpc) is 2.55. The smallest absolute Gasteiger partial charge is 0.313 e. The summed E-state index contributed by atoms with van der Waals surface area (Å²) in [5.41, 5.74) is -0.231. The largest absolute Gasteiger partial charge is 0.344 e. The van der Waals surface area contributed by atoms with Gasteiger partial charge in [-0.3, -0.25) is 9.59 Å². The molecule has 0 aromatic heterocycles. The molecule has 10 heteroatoms. The fraction of sp³-hybridized carbons (Fsp3) is 0.0667. The van der Waals surface area contributed by atoms with Gasteiger partial charge in [0.05, 0.1) is 4.90 Å². The normalized spacial score (nSPS) is 11.0. The van der Waals surface area contributed by atoms with Crippen molar-refractivity contribution in [3.8, 4) is 0 Å². The number of carbonyl (C=O) groups is 2. The Hall–Kier alpha value is -2.85. The molecule has 2 aromatic carbocycles. The van der Waals surface area contributed by atoms with E-state index < -0.39 is 39.2 Å². The van der Waals surface area contributed by atoms with Crippen LogP contribution in [0.2, 0.25) is 0 Å². The summed E-state index contributed by atoms with van der Waals surface area (Å²) in [6, 6.07) is 8.26. The zero-order valence-corrected chi connectivity index (χ0v) is 13.4. The fourth-order valence-electron chi connectivity index (χ4n) is 1.85. The molecule has 0 fully saturated rings. The molecule has 7 nitrogen and oxygen atoms in total. The highest BCUT2D eigenvalue weighted by atomic mass is 32.2. The Bertz CT molecular complexity index is 895. The molecule has 0 aliphatic heterocycles. The molecule has 132 valence electrons. The summed E-state index contributed by atoms with van der Waals surface area (Å²) in [6.45, 7) is -0.100. The third-order valence-corrected chi connectivity index (χ3v) is 4.04. The second-order valence-electron chi connectivity index (χ2n) is 4.92. The number of hydrogen-bond donors (Lipinski definition) is 3. The van der Waals surface area contributed by atoms with Crippen LogP contribution >= 0.6 is 0 Å². The van der Waals surface area contributed by atoms with Gasteiger partial charge in [0.2, 0.25) is 10.0 Å². The molecule has 0 radical (unpaired) electrons. The first-order valence-electron chi connectivity index (χ1n) is 6.83. The lowest BCUT2D eigenvalue weighted by Gasteiger charge is -2.08. The lowest BCUT2D eigenvalue weighted by Crippen LogP contribution is -2.35. The van der Waals surface area contributed by atoms with E-state index in [9.17, 15) is 26.8 Å². The Kier molecular flexibility index (Phi) is 5.45. The average molecular weight is 369 g/mol. The van der Waals surface area contributed by atoms with E-state index in [0.29, 0.717) is 5.56 Å². The summed E-state index contributed by atoms with van der Waals surface area (Å²) in [6.07, 6.45) is 0. The van der Waals surface area contributed by atoms with Crippen molar-refractivity contribution < 1.29 is 26.8 Å². The minimum Gasteiger partial charge on any atom is -0.344 e. The van der Waals surface area contributed by atoms with Crippen molar-refractivity contribution in [1.82, 2.24) is 5.32 Å². The maximum absolute atomic E-state index is 13.4. The third kappa shape index (κ3) is 4.81. The van der Waals surface area contributed by atoms with Crippen LogP contribution < -0.4 is 15.8 Å². The lowest BCUT2D eigenvalue weighted by atomic mass is 10.2. The van der Waals surface area contributed by atoms with E-state index in [1.165, 1.54) is 24.3 Å². The second kappa shape index (κ2) is 7.36. The van der Waals surface area contributed by atoms with Crippen molar-refractivity contribution >= 4 is 27.5 Å². The molecule has 25 heavy (non-hydrogen) atoms. The molecule has 0 aliphatic rings. The van der Waals surface area contributed by atoms with Crippen molar-refractivity contribution in [3.05, 3.63) is 59.7 Å². The number of sulfonamides is 1. The van der Waals surface area contributed by atoms with Gasteiger partial charge in [-0.25, -0.2) is 22.3 Å². The number of para-hydroxylation sites is 1. The predicted molar refractivity (Wildman–Crippen MR) is 84.6 cm³/mol. The van der Waals surface area contributed by atoms with Crippen LogP contribution in [0.25, 0.3) is 0 Å². The highest BCUT2D eigenvalue weighted by Crippen LogP contribution is 2.17. The Balaban J connectivity index is 1.97.